The van der Waals surface area contributed by atoms with Crippen molar-refractivity contribution in [3.8, 4) is 0 Å². The lowest BCUT2D eigenvalue weighted by Gasteiger charge is -2.36. The van der Waals surface area contributed by atoms with Gasteiger partial charge in [0.15, 0.2) is 11.6 Å². The number of aliphatic hydroxyl groups is 1. The van der Waals surface area contributed by atoms with E-state index >= 15 is 0 Å². The molecule has 0 radical (unpaired) electrons. The summed E-state index contributed by atoms with van der Waals surface area (Å²) in [5.74, 6) is 2.24. The molecule has 10 heteroatoms. The predicted molar refractivity (Wildman–Crippen MR) is 86.3 cm³/mol. The Hall–Kier alpha value is -2.62. The maximum absolute atomic E-state index is 12.2. The van der Waals surface area contributed by atoms with Crippen LogP contribution >= 0.6 is 0 Å². The van der Waals surface area contributed by atoms with Gasteiger partial charge >= 0.3 is 0 Å². The third-order valence-electron chi connectivity index (χ3n) is 4.50. The number of tetrazole rings is 1. The van der Waals surface area contributed by atoms with E-state index in [4.69, 9.17) is 5.11 Å². The molecule has 2 aromatic rings. The Morgan fingerprint density at radius 1 is 1.32 bits per heavy atom. The Balaban J connectivity index is 1.22. The third-order valence-corrected chi connectivity index (χ3v) is 4.50. The zero-order valence-corrected chi connectivity index (χ0v) is 13.7. The first kappa shape index (κ1) is 15.9. The molecule has 0 aromatic carbocycles. The summed E-state index contributed by atoms with van der Waals surface area (Å²) < 4.78 is 1.60. The maximum Gasteiger partial charge on any atom is 0.242 e. The zero-order valence-electron chi connectivity index (χ0n) is 13.7. The minimum atomic E-state index is -0.182. The first-order valence-corrected chi connectivity index (χ1v) is 8.46. The summed E-state index contributed by atoms with van der Waals surface area (Å²) in [5, 5.41) is 26.9. The quantitative estimate of drug-likeness (QED) is 0.618. The van der Waals surface area contributed by atoms with E-state index in [0.29, 0.717) is 17.6 Å². The SMILES string of the molecule is O=C(Cn1nnnc1C1CC1)NC1CC(Nc2ccnc(CO)n2)C1. The lowest BCUT2D eigenvalue weighted by Crippen LogP contribution is -2.50. The number of nitrogens with one attached hydrogen (secondary N) is 2. The Bertz CT molecular complexity index is 753. The minimum Gasteiger partial charge on any atom is -0.388 e. The van der Waals surface area contributed by atoms with Gasteiger partial charge in [0.05, 0.1) is 0 Å². The first-order chi connectivity index (χ1) is 12.2. The molecule has 2 aliphatic carbocycles. The number of hydrogen-bond donors (Lipinski definition) is 3. The van der Waals surface area contributed by atoms with Crippen LogP contribution in [-0.2, 0) is 17.9 Å². The van der Waals surface area contributed by atoms with Crippen LogP contribution in [0.4, 0.5) is 5.82 Å². The Morgan fingerprint density at radius 2 is 2.16 bits per heavy atom. The highest BCUT2D eigenvalue weighted by atomic mass is 16.3. The smallest absolute Gasteiger partial charge is 0.242 e. The van der Waals surface area contributed by atoms with Crippen molar-refractivity contribution in [1.82, 2.24) is 35.5 Å². The number of hydrogen-bond acceptors (Lipinski definition) is 8. The van der Waals surface area contributed by atoms with Crippen molar-refractivity contribution in [2.24, 2.45) is 0 Å². The second-order valence-corrected chi connectivity index (χ2v) is 6.56. The molecular formula is C15H20N8O2. The average molecular weight is 344 g/mol. The fourth-order valence-electron chi connectivity index (χ4n) is 2.99. The van der Waals surface area contributed by atoms with Crippen molar-refractivity contribution in [1.29, 1.82) is 0 Å². The van der Waals surface area contributed by atoms with Gasteiger partial charge in [-0.1, -0.05) is 0 Å². The summed E-state index contributed by atoms with van der Waals surface area (Å²) in [5.41, 5.74) is 0. The fraction of sp³-hybridized carbons (Fsp3) is 0.600. The largest absolute Gasteiger partial charge is 0.388 e. The number of carbonyl (C=O) groups excluding carboxylic acids is 1. The lowest BCUT2D eigenvalue weighted by molar-refractivity contribution is -0.123. The summed E-state index contributed by atoms with van der Waals surface area (Å²) >= 11 is 0. The molecule has 0 atom stereocenters. The van der Waals surface area contributed by atoms with Crippen LogP contribution in [0.1, 0.15) is 43.3 Å². The van der Waals surface area contributed by atoms with Crippen molar-refractivity contribution in [3.05, 3.63) is 23.9 Å². The number of rotatable bonds is 7. The number of amides is 1. The molecule has 0 spiro atoms. The highest BCUT2D eigenvalue weighted by molar-refractivity contribution is 5.76. The zero-order chi connectivity index (χ0) is 17.2. The molecule has 0 bridgehead atoms. The van der Waals surface area contributed by atoms with Crippen LogP contribution in [0.15, 0.2) is 12.3 Å². The summed E-state index contributed by atoms with van der Waals surface area (Å²) in [6, 6.07) is 2.16. The van der Waals surface area contributed by atoms with Gasteiger partial charge < -0.3 is 15.7 Å². The van der Waals surface area contributed by atoms with Crippen molar-refractivity contribution in [2.45, 2.75) is 56.8 Å². The van der Waals surface area contributed by atoms with E-state index < -0.39 is 0 Å². The molecule has 2 heterocycles. The van der Waals surface area contributed by atoms with Gasteiger partial charge in [0, 0.05) is 24.2 Å². The van der Waals surface area contributed by atoms with Crippen LogP contribution in [-0.4, -0.2) is 53.3 Å². The van der Waals surface area contributed by atoms with Crippen molar-refractivity contribution < 1.29 is 9.90 Å². The van der Waals surface area contributed by atoms with Gasteiger partial charge in [-0.25, -0.2) is 14.6 Å². The summed E-state index contributed by atoms with van der Waals surface area (Å²) in [6.07, 6.45) is 5.46. The van der Waals surface area contributed by atoms with Crippen LogP contribution in [0.5, 0.6) is 0 Å². The molecule has 1 amide bonds. The molecule has 0 unspecified atom stereocenters. The van der Waals surface area contributed by atoms with E-state index in [1.54, 1.807) is 16.9 Å². The average Bonchev–Trinajstić information content (AvgIpc) is 3.33. The summed E-state index contributed by atoms with van der Waals surface area (Å²) in [7, 11) is 0. The molecule has 2 aromatic heterocycles. The van der Waals surface area contributed by atoms with Crippen LogP contribution in [0.3, 0.4) is 0 Å². The summed E-state index contributed by atoms with van der Waals surface area (Å²) in [6.45, 7) is -0.0158. The number of aromatic nitrogens is 6. The van der Waals surface area contributed by atoms with Gasteiger partial charge in [-0.2, -0.15) is 0 Å². The summed E-state index contributed by atoms with van der Waals surface area (Å²) in [4.78, 5) is 20.3. The standard InChI is InChI=1S/C15H20N8O2/c24-8-13-16-4-3-12(19-13)17-10-5-11(6-10)18-14(25)7-23-15(9-1-2-9)20-21-22-23/h3-4,9-11,24H,1-2,5-8H2,(H,18,25)(H,16,17,19). The molecule has 0 aliphatic heterocycles. The number of nitrogens with zero attached hydrogens (tertiary/aromatic N) is 6. The fourth-order valence-corrected chi connectivity index (χ4v) is 2.99. The van der Waals surface area contributed by atoms with E-state index in [-0.39, 0.29) is 31.1 Å². The van der Waals surface area contributed by atoms with E-state index in [2.05, 4.69) is 36.1 Å². The van der Waals surface area contributed by atoms with Crippen LogP contribution in [0, 0.1) is 0 Å². The van der Waals surface area contributed by atoms with E-state index in [0.717, 1.165) is 31.5 Å². The molecule has 2 saturated carbocycles. The topological polar surface area (TPSA) is 131 Å². The molecule has 3 N–H and O–H groups in total. The number of aliphatic hydroxyl groups excluding tert-OH is 1. The van der Waals surface area contributed by atoms with Gasteiger partial charge in [-0.05, 0) is 42.2 Å². The van der Waals surface area contributed by atoms with E-state index in [9.17, 15) is 4.79 Å². The molecule has 25 heavy (non-hydrogen) atoms. The van der Waals surface area contributed by atoms with E-state index in [1.165, 1.54) is 0 Å². The highest BCUT2D eigenvalue weighted by Gasteiger charge is 2.32. The highest BCUT2D eigenvalue weighted by Crippen LogP contribution is 2.38. The maximum atomic E-state index is 12.2. The molecule has 4 rings (SSSR count). The monoisotopic (exact) mass is 344 g/mol. The van der Waals surface area contributed by atoms with Crippen LogP contribution in [0.2, 0.25) is 0 Å². The predicted octanol–water partition coefficient (Wildman–Crippen LogP) is -0.408. The van der Waals surface area contributed by atoms with Gasteiger partial charge in [-0.3, -0.25) is 4.79 Å². The molecule has 2 fully saturated rings. The van der Waals surface area contributed by atoms with Gasteiger partial charge in [0.2, 0.25) is 5.91 Å². The molecule has 10 nitrogen and oxygen atoms in total. The first-order valence-electron chi connectivity index (χ1n) is 8.46. The van der Waals surface area contributed by atoms with Gasteiger partial charge in [0.1, 0.15) is 19.0 Å². The van der Waals surface area contributed by atoms with Crippen molar-refractivity contribution >= 4 is 11.7 Å². The molecular weight excluding hydrogens is 324 g/mol. The number of anilines is 1. The minimum absolute atomic E-state index is 0.0674. The van der Waals surface area contributed by atoms with Crippen LogP contribution < -0.4 is 10.6 Å². The van der Waals surface area contributed by atoms with Crippen molar-refractivity contribution in [2.75, 3.05) is 5.32 Å². The van der Waals surface area contributed by atoms with Gasteiger partial charge in [0.25, 0.3) is 0 Å². The van der Waals surface area contributed by atoms with Crippen LogP contribution in [0.25, 0.3) is 0 Å². The molecule has 0 saturated heterocycles. The van der Waals surface area contributed by atoms with E-state index in [1.807, 2.05) is 0 Å². The van der Waals surface area contributed by atoms with Gasteiger partial charge in [-0.15, -0.1) is 5.10 Å². The second kappa shape index (κ2) is 6.71. The molecule has 132 valence electrons. The number of carbonyl (C=O) groups is 1. The lowest BCUT2D eigenvalue weighted by atomic mass is 9.86. The third kappa shape index (κ3) is 3.73. The van der Waals surface area contributed by atoms with Crippen molar-refractivity contribution in [3.63, 3.8) is 0 Å². The Labute approximate surface area is 144 Å². The Kier molecular flexibility index (Phi) is 4.26. The normalized spacial score (nSPS) is 22.3. The molecule has 2 aliphatic rings. The second-order valence-electron chi connectivity index (χ2n) is 6.56. The Morgan fingerprint density at radius 3 is 2.92 bits per heavy atom.